The summed E-state index contributed by atoms with van der Waals surface area (Å²) in [5, 5.41) is 7.57. The van der Waals surface area contributed by atoms with Crippen LogP contribution in [0.15, 0.2) is 30.3 Å². The molecule has 1 unspecified atom stereocenters. The monoisotopic (exact) mass is 370 g/mol. The summed E-state index contributed by atoms with van der Waals surface area (Å²) in [6.45, 7) is 5.49. The summed E-state index contributed by atoms with van der Waals surface area (Å²) in [4.78, 5) is 26.3. The third-order valence-electron chi connectivity index (χ3n) is 4.92. The molecule has 7 nitrogen and oxygen atoms in total. The van der Waals surface area contributed by atoms with Crippen LogP contribution in [-0.2, 0) is 20.7 Å². The number of nitrogens with one attached hydrogen (secondary N) is 1. The molecular weight excluding hydrogens is 344 g/mol. The number of likely N-dealkylation sites (tertiary alicyclic amines) is 1. The van der Waals surface area contributed by atoms with Crippen LogP contribution < -0.4 is 5.32 Å². The standard InChI is InChI=1S/C20H26N4O3/c1-14-18(15(2)24(22-14)17-7-5-4-6-8-17)12-19(25)21-16-11-20(26)23(13-16)9-10-27-3/h4-8,16H,9-13H2,1-3H3,(H,21,25). The molecule has 3 rings (SSSR count). The van der Waals surface area contributed by atoms with E-state index in [0.717, 1.165) is 22.6 Å². The molecule has 2 amide bonds. The summed E-state index contributed by atoms with van der Waals surface area (Å²) in [5.74, 6) is -0.0261. The fourth-order valence-corrected chi connectivity index (χ4v) is 3.48. The van der Waals surface area contributed by atoms with Gasteiger partial charge in [-0.15, -0.1) is 0 Å². The molecule has 0 aliphatic carbocycles. The Balaban J connectivity index is 1.64. The SMILES string of the molecule is COCCN1CC(NC(=O)Cc2c(C)nn(-c3ccccc3)c2C)CC1=O. The second kappa shape index (κ2) is 8.35. The van der Waals surface area contributed by atoms with Gasteiger partial charge in [0.1, 0.15) is 0 Å². The molecule has 1 atom stereocenters. The molecule has 1 aliphatic rings. The van der Waals surface area contributed by atoms with Gasteiger partial charge in [-0.1, -0.05) is 18.2 Å². The number of methoxy groups -OCH3 is 1. The Kier molecular flexibility index (Phi) is 5.91. The summed E-state index contributed by atoms with van der Waals surface area (Å²) in [6.07, 6.45) is 0.601. The van der Waals surface area contributed by atoms with E-state index in [1.807, 2.05) is 48.9 Å². The minimum atomic E-state index is -0.147. The van der Waals surface area contributed by atoms with E-state index >= 15 is 0 Å². The summed E-state index contributed by atoms with van der Waals surface area (Å²) in [7, 11) is 1.61. The Hall–Kier alpha value is -2.67. The van der Waals surface area contributed by atoms with Crippen LogP contribution in [0.25, 0.3) is 5.69 Å². The lowest BCUT2D eigenvalue weighted by atomic mass is 10.1. The lowest BCUT2D eigenvalue weighted by Crippen LogP contribution is -2.38. The zero-order chi connectivity index (χ0) is 19.4. The van der Waals surface area contributed by atoms with Gasteiger partial charge in [0.15, 0.2) is 0 Å². The van der Waals surface area contributed by atoms with Gasteiger partial charge in [-0.05, 0) is 26.0 Å². The lowest BCUT2D eigenvalue weighted by molar-refractivity contribution is -0.128. The van der Waals surface area contributed by atoms with Gasteiger partial charge in [-0.2, -0.15) is 5.10 Å². The quantitative estimate of drug-likeness (QED) is 0.799. The van der Waals surface area contributed by atoms with E-state index in [9.17, 15) is 9.59 Å². The van der Waals surface area contributed by atoms with Crippen molar-refractivity contribution >= 4 is 11.8 Å². The Morgan fingerprint density at radius 3 is 2.74 bits per heavy atom. The highest BCUT2D eigenvalue weighted by Gasteiger charge is 2.30. The number of nitrogens with zero attached hydrogens (tertiary/aromatic N) is 3. The van der Waals surface area contributed by atoms with Crippen LogP contribution in [0.3, 0.4) is 0 Å². The van der Waals surface area contributed by atoms with Crippen molar-refractivity contribution < 1.29 is 14.3 Å². The number of hydrogen-bond donors (Lipinski definition) is 1. The highest BCUT2D eigenvalue weighted by atomic mass is 16.5. The Labute approximate surface area is 159 Å². The highest BCUT2D eigenvalue weighted by Crippen LogP contribution is 2.19. The van der Waals surface area contributed by atoms with Crippen LogP contribution >= 0.6 is 0 Å². The largest absolute Gasteiger partial charge is 0.383 e. The number of amides is 2. The van der Waals surface area contributed by atoms with Gasteiger partial charge in [0.05, 0.1) is 30.5 Å². The van der Waals surface area contributed by atoms with Gasteiger partial charge in [0, 0.05) is 37.9 Å². The van der Waals surface area contributed by atoms with E-state index in [0.29, 0.717) is 26.1 Å². The van der Waals surface area contributed by atoms with Crippen molar-refractivity contribution in [3.63, 3.8) is 0 Å². The predicted molar refractivity (Wildman–Crippen MR) is 102 cm³/mol. The van der Waals surface area contributed by atoms with Gasteiger partial charge in [0.2, 0.25) is 11.8 Å². The average molecular weight is 370 g/mol. The van der Waals surface area contributed by atoms with E-state index in [2.05, 4.69) is 10.4 Å². The maximum atomic E-state index is 12.5. The van der Waals surface area contributed by atoms with Crippen molar-refractivity contribution in [1.29, 1.82) is 0 Å². The first-order valence-electron chi connectivity index (χ1n) is 9.16. The Bertz CT molecular complexity index is 816. The minimum absolute atomic E-state index is 0.0570. The molecule has 2 heterocycles. The summed E-state index contributed by atoms with van der Waals surface area (Å²) in [5.41, 5.74) is 3.70. The molecular formula is C20H26N4O3. The minimum Gasteiger partial charge on any atom is -0.383 e. The molecule has 1 aromatic heterocycles. The van der Waals surface area contributed by atoms with Crippen molar-refractivity contribution in [2.45, 2.75) is 32.7 Å². The second-order valence-electron chi connectivity index (χ2n) is 6.87. The number of para-hydroxylation sites is 1. The molecule has 0 radical (unpaired) electrons. The van der Waals surface area contributed by atoms with E-state index in [1.54, 1.807) is 12.0 Å². The molecule has 7 heteroatoms. The van der Waals surface area contributed by atoms with Crippen molar-refractivity contribution in [1.82, 2.24) is 20.0 Å². The third-order valence-corrected chi connectivity index (χ3v) is 4.92. The van der Waals surface area contributed by atoms with Crippen molar-refractivity contribution in [3.8, 4) is 5.69 Å². The second-order valence-corrected chi connectivity index (χ2v) is 6.87. The van der Waals surface area contributed by atoms with Gasteiger partial charge in [-0.3, -0.25) is 9.59 Å². The zero-order valence-corrected chi connectivity index (χ0v) is 16.1. The van der Waals surface area contributed by atoms with Gasteiger partial charge in [-0.25, -0.2) is 4.68 Å². The number of carbonyl (C=O) groups is 2. The lowest BCUT2D eigenvalue weighted by Gasteiger charge is -2.16. The van der Waals surface area contributed by atoms with E-state index < -0.39 is 0 Å². The summed E-state index contributed by atoms with van der Waals surface area (Å²) >= 11 is 0. The number of ether oxygens (including phenoxy) is 1. The zero-order valence-electron chi connectivity index (χ0n) is 16.1. The fourth-order valence-electron chi connectivity index (χ4n) is 3.48. The number of aromatic nitrogens is 2. The first-order chi connectivity index (χ1) is 13.0. The van der Waals surface area contributed by atoms with Crippen LogP contribution in [-0.4, -0.2) is 59.3 Å². The molecule has 0 saturated carbocycles. The van der Waals surface area contributed by atoms with Crippen LogP contribution in [0.2, 0.25) is 0 Å². The third kappa shape index (κ3) is 4.36. The smallest absolute Gasteiger partial charge is 0.224 e. The van der Waals surface area contributed by atoms with Crippen LogP contribution in [0.1, 0.15) is 23.4 Å². The maximum Gasteiger partial charge on any atom is 0.224 e. The van der Waals surface area contributed by atoms with E-state index in [4.69, 9.17) is 4.74 Å². The van der Waals surface area contributed by atoms with Crippen molar-refractivity contribution in [2.24, 2.45) is 0 Å². The fraction of sp³-hybridized carbons (Fsp3) is 0.450. The molecule has 1 aromatic carbocycles. The molecule has 0 bridgehead atoms. The molecule has 1 N–H and O–H groups in total. The van der Waals surface area contributed by atoms with Crippen LogP contribution in [0, 0.1) is 13.8 Å². The van der Waals surface area contributed by atoms with E-state index in [1.165, 1.54) is 0 Å². The molecule has 144 valence electrons. The topological polar surface area (TPSA) is 76.5 Å². The molecule has 1 aliphatic heterocycles. The van der Waals surface area contributed by atoms with Gasteiger partial charge in [0.25, 0.3) is 0 Å². The number of carbonyl (C=O) groups excluding carboxylic acids is 2. The van der Waals surface area contributed by atoms with Crippen molar-refractivity contribution in [3.05, 3.63) is 47.3 Å². The molecule has 2 aromatic rings. The Morgan fingerprint density at radius 1 is 1.30 bits per heavy atom. The van der Waals surface area contributed by atoms with Gasteiger partial charge < -0.3 is 15.0 Å². The van der Waals surface area contributed by atoms with Gasteiger partial charge >= 0.3 is 0 Å². The van der Waals surface area contributed by atoms with E-state index in [-0.39, 0.29) is 24.3 Å². The maximum absolute atomic E-state index is 12.5. The number of hydrogen-bond acceptors (Lipinski definition) is 4. The van der Waals surface area contributed by atoms with Crippen LogP contribution in [0.5, 0.6) is 0 Å². The molecule has 27 heavy (non-hydrogen) atoms. The number of rotatable bonds is 7. The molecule has 0 spiro atoms. The van der Waals surface area contributed by atoms with Crippen LogP contribution in [0.4, 0.5) is 0 Å². The average Bonchev–Trinajstić information content (AvgIpc) is 3.14. The summed E-state index contributed by atoms with van der Waals surface area (Å²) < 4.78 is 6.89. The van der Waals surface area contributed by atoms with Crippen molar-refractivity contribution in [2.75, 3.05) is 26.8 Å². The number of benzene rings is 1. The number of aryl methyl sites for hydroxylation is 1. The summed E-state index contributed by atoms with van der Waals surface area (Å²) in [6, 6.07) is 9.72. The highest BCUT2D eigenvalue weighted by molar-refractivity contribution is 5.83. The first-order valence-corrected chi connectivity index (χ1v) is 9.16. The normalized spacial score (nSPS) is 16.8. The Morgan fingerprint density at radius 2 is 2.04 bits per heavy atom. The first kappa shape index (κ1) is 19.1. The predicted octanol–water partition coefficient (Wildman–Crippen LogP) is 1.40. The molecule has 1 fully saturated rings. The molecule has 1 saturated heterocycles.